The van der Waals surface area contributed by atoms with Crippen molar-refractivity contribution >= 4 is 11.7 Å². The molecule has 1 fully saturated rings. The Bertz CT molecular complexity index is 889. The molecule has 128 valence electrons. The van der Waals surface area contributed by atoms with Gasteiger partial charge >= 0.3 is 5.97 Å². The molecule has 7 heteroatoms. The summed E-state index contributed by atoms with van der Waals surface area (Å²) in [7, 11) is 0. The van der Waals surface area contributed by atoms with Crippen molar-refractivity contribution in [2.75, 3.05) is 13.1 Å². The van der Waals surface area contributed by atoms with Crippen molar-refractivity contribution in [1.82, 2.24) is 24.5 Å². The Labute approximate surface area is 144 Å². The molecule has 1 aromatic carbocycles. The number of carboxylic acid groups (broad SMARTS) is 1. The van der Waals surface area contributed by atoms with Gasteiger partial charge in [0.2, 0.25) is 0 Å². The van der Waals surface area contributed by atoms with Crippen molar-refractivity contribution in [2.24, 2.45) is 5.92 Å². The van der Waals surface area contributed by atoms with Crippen molar-refractivity contribution in [3.05, 3.63) is 59.7 Å². The Kier molecular flexibility index (Phi) is 3.93. The molecule has 0 unspecified atom stereocenters. The minimum absolute atomic E-state index is 0.0196. The fourth-order valence-corrected chi connectivity index (χ4v) is 3.63. The number of carbonyl (C=O) groups is 1. The molecule has 3 heterocycles. The molecule has 1 N–H and O–H groups in total. The predicted molar refractivity (Wildman–Crippen MR) is 91.1 cm³/mol. The van der Waals surface area contributed by atoms with Gasteiger partial charge in [0.15, 0.2) is 5.82 Å². The summed E-state index contributed by atoms with van der Waals surface area (Å²) in [6, 6.07) is 9.82. The van der Waals surface area contributed by atoms with E-state index in [0.29, 0.717) is 31.2 Å². The van der Waals surface area contributed by atoms with Crippen molar-refractivity contribution in [1.29, 1.82) is 0 Å². The van der Waals surface area contributed by atoms with Crippen LogP contribution in [0.15, 0.2) is 42.7 Å². The summed E-state index contributed by atoms with van der Waals surface area (Å²) in [5.41, 5.74) is 2.25. The van der Waals surface area contributed by atoms with Crippen LogP contribution in [0.1, 0.15) is 22.9 Å². The minimum atomic E-state index is -0.750. The molecule has 1 aliphatic rings. The zero-order valence-corrected chi connectivity index (χ0v) is 13.9. The number of rotatable bonds is 4. The molecule has 7 nitrogen and oxygen atoms in total. The minimum Gasteiger partial charge on any atom is -0.481 e. The number of likely N-dealkylation sites (tertiary alicyclic amines) is 1. The van der Waals surface area contributed by atoms with Crippen LogP contribution in [0.3, 0.4) is 0 Å². The maximum Gasteiger partial charge on any atom is 0.308 e. The van der Waals surface area contributed by atoms with E-state index in [1.54, 1.807) is 23.0 Å². The first-order valence-electron chi connectivity index (χ1n) is 8.29. The lowest BCUT2D eigenvalue weighted by Crippen LogP contribution is -2.23. The first-order valence-corrected chi connectivity index (χ1v) is 8.29. The highest BCUT2D eigenvalue weighted by Gasteiger charge is 2.39. The van der Waals surface area contributed by atoms with Gasteiger partial charge in [-0.15, -0.1) is 5.10 Å². The number of aromatic nitrogens is 4. The lowest BCUT2D eigenvalue weighted by Gasteiger charge is -2.17. The molecule has 0 saturated carbocycles. The van der Waals surface area contributed by atoms with E-state index in [9.17, 15) is 9.90 Å². The van der Waals surface area contributed by atoms with Gasteiger partial charge in [-0.25, -0.2) is 9.50 Å². The molecule has 1 aliphatic heterocycles. The molecule has 3 aromatic rings. The smallest absolute Gasteiger partial charge is 0.308 e. The zero-order chi connectivity index (χ0) is 17.4. The second-order valence-electron chi connectivity index (χ2n) is 6.49. The molecule has 25 heavy (non-hydrogen) atoms. The molecule has 0 amide bonds. The molecule has 0 bridgehead atoms. The summed E-state index contributed by atoms with van der Waals surface area (Å²) in [6.45, 7) is 3.74. The Balaban J connectivity index is 1.57. The fraction of sp³-hybridized carbons (Fsp3) is 0.333. The van der Waals surface area contributed by atoms with E-state index in [-0.39, 0.29) is 5.92 Å². The van der Waals surface area contributed by atoms with Crippen LogP contribution in [-0.4, -0.2) is 48.6 Å². The van der Waals surface area contributed by atoms with Crippen LogP contribution in [-0.2, 0) is 11.3 Å². The quantitative estimate of drug-likeness (QED) is 0.781. The van der Waals surface area contributed by atoms with Gasteiger partial charge in [0.25, 0.3) is 5.78 Å². The van der Waals surface area contributed by atoms with Crippen molar-refractivity contribution in [3.63, 3.8) is 0 Å². The second-order valence-corrected chi connectivity index (χ2v) is 6.49. The molecule has 2 atom stereocenters. The topological polar surface area (TPSA) is 83.6 Å². The predicted octanol–water partition coefficient (Wildman–Crippen LogP) is 1.73. The van der Waals surface area contributed by atoms with Crippen LogP contribution in [0.5, 0.6) is 0 Å². The third kappa shape index (κ3) is 2.98. The maximum atomic E-state index is 11.8. The highest BCUT2D eigenvalue weighted by Crippen LogP contribution is 2.35. The van der Waals surface area contributed by atoms with Gasteiger partial charge in [-0.2, -0.15) is 4.98 Å². The van der Waals surface area contributed by atoms with Gasteiger partial charge in [-0.3, -0.25) is 9.69 Å². The van der Waals surface area contributed by atoms with E-state index in [2.05, 4.69) is 20.0 Å². The summed E-state index contributed by atoms with van der Waals surface area (Å²) >= 11 is 0. The van der Waals surface area contributed by atoms with E-state index in [1.807, 2.05) is 31.2 Å². The molecule has 2 aromatic heterocycles. The lowest BCUT2D eigenvalue weighted by molar-refractivity contribution is -0.141. The summed E-state index contributed by atoms with van der Waals surface area (Å²) in [5.74, 6) is 0.0284. The van der Waals surface area contributed by atoms with Crippen molar-refractivity contribution in [3.8, 4) is 0 Å². The summed E-state index contributed by atoms with van der Waals surface area (Å²) in [4.78, 5) is 22.5. The third-order valence-electron chi connectivity index (χ3n) is 4.83. The first-order chi connectivity index (χ1) is 12.1. The molecule has 0 aliphatic carbocycles. The van der Waals surface area contributed by atoms with Crippen LogP contribution >= 0.6 is 0 Å². The Morgan fingerprint density at radius 3 is 2.88 bits per heavy atom. The van der Waals surface area contributed by atoms with E-state index >= 15 is 0 Å². The number of hydrogen-bond donors (Lipinski definition) is 1. The first kappa shape index (κ1) is 15.7. The van der Waals surface area contributed by atoms with E-state index in [1.165, 1.54) is 0 Å². The van der Waals surface area contributed by atoms with E-state index in [0.717, 1.165) is 11.1 Å². The zero-order valence-electron chi connectivity index (χ0n) is 13.9. The Hall–Kier alpha value is -2.80. The van der Waals surface area contributed by atoms with Crippen LogP contribution < -0.4 is 0 Å². The number of aryl methyl sites for hydroxylation is 1. The SMILES string of the molecule is Cc1ccccc1[C@@H]1CN(Cc2nc3ncccn3n2)C[C@H]1C(=O)O. The summed E-state index contributed by atoms with van der Waals surface area (Å²) in [5, 5.41) is 14.1. The van der Waals surface area contributed by atoms with Crippen LogP contribution in [0.25, 0.3) is 5.78 Å². The highest BCUT2D eigenvalue weighted by molar-refractivity contribution is 5.72. The Morgan fingerprint density at radius 2 is 2.12 bits per heavy atom. The normalized spacial score (nSPS) is 21.0. The molecular weight excluding hydrogens is 318 g/mol. The summed E-state index contributed by atoms with van der Waals surface area (Å²) in [6.07, 6.45) is 3.48. The number of aliphatic carboxylic acids is 1. The maximum absolute atomic E-state index is 11.8. The highest BCUT2D eigenvalue weighted by atomic mass is 16.4. The van der Waals surface area contributed by atoms with Gasteiger partial charge in [-0.05, 0) is 24.1 Å². The standard InChI is InChI=1S/C18H19N5O2/c1-12-5-2-3-6-13(12)14-9-22(10-15(14)17(24)25)11-16-20-18-19-7-4-8-23(18)21-16/h2-8,14-15H,9-11H2,1H3,(H,24,25)/t14-,15+/m0/s1. The monoisotopic (exact) mass is 337 g/mol. The molecular formula is C18H19N5O2. The number of benzene rings is 1. The van der Waals surface area contributed by atoms with Crippen molar-refractivity contribution in [2.45, 2.75) is 19.4 Å². The fourth-order valence-electron chi connectivity index (χ4n) is 3.63. The number of fused-ring (bicyclic) bond motifs is 1. The van der Waals surface area contributed by atoms with Crippen molar-refractivity contribution < 1.29 is 9.90 Å². The average molecular weight is 337 g/mol. The molecule has 0 spiro atoms. The van der Waals surface area contributed by atoms with Crippen LogP contribution in [0.2, 0.25) is 0 Å². The van der Waals surface area contributed by atoms with Crippen LogP contribution in [0.4, 0.5) is 0 Å². The second kappa shape index (κ2) is 6.25. The number of hydrogen-bond acceptors (Lipinski definition) is 5. The van der Waals surface area contributed by atoms with Gasteiger partial charge in [0.1, 0.15) is 0 Å². The van der Waals surface area contributed by atoms with Gasteiger partial charge in [0, 0.05) is 31.4 Å². The largest absolute Gasteiger partial charge is 0.481 e. The molecule has 1 saturated heterocycles. The van der Waals surface area contributed by atoms with Gasteiger partial charge in [0.05, 0.1) is 12.5 Å². The third-order valence-corrected chi connectivity index (χ3v) is 4.83. The van der Waals surface area contributed by atoms with Crippen LogP contribution in [0, 0.1) is 12.8 Å². The number of nitrogens with zero attached hydrogens (tertiary/aromatic N) is 5. The van der Waals surface area contributed by atoms with E-state index < -0.39 is 11.9 Å². The average Bonchev–Trinajstić information content (AvgIpc) is 3.19. The Morgan fingerprint density at radius 1 is 1.28 bits per heavy atom. The van der Waals surface area contributed by atoms with Gasteiger partial charge in [-0.1, -0.05) is 24.3 Å². The molecule has 0 radical (unpaired) electrons. The van der Waals surface area contributed by atoms with Gasteiger partial charge < -0.3 is 5.11 Å². The summed E-state index contributed by atoms with van der Waals surface area (Å²) < 4.78 is 1.64. The molecule has 4 rings (SSSR count). The van der Waals surface area contributed by atoms with E-state index in [4.69, 9.17) is 0 Å². The number of carboxylic acids is 1. The lowest BCUT2D eigenvalue weighted by atomic mass is 9.86.